The molecule has 2 nitrogen and oxygen atoms in total. The molecule has 9 heavy (non-hydrogen) atoms. The number of hydrogen-bond donors (Lipinski definition) is 1. The van der Waals surface area contributed by atoms with Gasteiger partial charge in [0, 0.05) is 0 Å². The maximum absolute atomic E-state index is 8.63. The number of hydrogen-bond acceptors (Lipinski definition) is 1. The van der Waals surface area contributed by atoms with E-state index in [1.165, 1.54) is 0 Å². The normalized spacial score (nSPS) is 6.67. The smallest absolute Gasteiger partial charge is 1.00 e. The molecule has 0 heterocycles. The summed E-state index contributed by atoms with van der Waals surface area (Å²) >= 11 is 0. The van der Waals surface area contributed by atoms with Gasteiger partial charge in [-0.05, 0) is 12.1 Å². The van der Waals surface area contributed by atoms with Gasteiger partial charge in [0.1, 0.15) is 5.75 Å². The van der Waals surface area contributed by atoms with Crippen molar-refractivity contribution in [2.75, 3.05) is 0 Å². The molecule has 0 saturated heterocycles. The van der Waals surface area contributed by atoms with Crippen molar-refractivity contribution in [2.45, 2.75) is 0 Å². The van der Waals surface area contributed by atoms with Gasteiger partial charge in [0.2, 0.25) is 0 Å². The third-order valence-corrected chi connectivity index (χ3v) is 0.756. The molecule has 0 aromatic heterocycles. The van der Waals surface area contributed by atoms with Crippen LogP contribution in [-0.2, 0) is 0 Å². The van der Waals surface area contributed by atoms with Gasteiger partial charge in [-0.15, -0.1) is 0 Å². The molecule has 0 amide bonds. The van der Waals surface area contributed by atoms with E-state index in [1.54, 1.807) is 24.3 Å². The van der Waals surface area contributed by atoms with E-state index in [1.807, 2.05) is 6.07 Å². The fraction of sp³-hybridized carbons (Fsp3) is 0. The van der Waals surface area contributed by atoms with Crippen LogP contribution in [0.2, 0.25) is 0 Å². The summed E-state index contributed by atoms with van der Waals surface area (Å²) in [4.78, 5) is 0. The first-order chi connectivity index (χ1) is 3.39. The number of benzene rings is 1. The molecule has 0 unspecified atom stereocenters. The Morgan fingerprint density at radius 1 is 1.11 bits per heavy atom. The first-order valence-electron chi connectivity index (χ1n) is 2.13. The van der Waals surface area contributed by atoms with Gasteiger partial charge in [0.15, 0.2) is 0 Å². The SMILES string of the molecule is O.Oc1ccccc1.[H-].[H-].[Sr+2]. The van der Waals surface area contributed by atoms with Gasteiger partial charge in [-0.1, -0.05) is 18.2 Å². The summed E-state index contributed by atoms with van der Waals surface area (Å²) < 4.78 is 0. The topological polar surface area (TPSA) is 51.7 Å². The zero-order chi connectivity index (χ0) is 5.11. The summed E-state index contributed by atoms with van der Waals surface area (Å²) in [5, 5.41) is 8.63. The first-order valence-corrected chi connectivity index (χ1v) is 2.13. The number of aromatic hydroxyl groups is 1. The summed E-state index contributed by atoms with van der Waals surface area (Å²) in [5.74, 6) is 0.322. The van der Waals surface area contributed by atoms with Gasteiger partial charge in [0.25, 0.3) is 0 Å². The molecule has 3 heteroatoms. The second kappa shape index (κ2) is 6.58. The predicted octanol–water partition coefficient (Wildman–Crippen LogP) is 0.412. The van der Waals surface area contributed by atoms with Crippen molar-refractivity contribution in [1.29, 1.82) is 0 Å². The van der Waals surface area contributed by atoms with Crippen LogP contribution >= 0.6 is 0 Å². The Morgan fingerprint density at radius 3 is 1.78 bits per heavy atom. The fourth-order valence-corrected chi connectivity index (χ4v) is 0.428. The second-order valence-electron chi connectivity index (χ2n) is 1.34. The largest absolute Gasteiger partial charge is 2.00 e. The maximum atomic E-state index is 8.63. The molecule has 1 rings (SSSR count). The van der Waals surface area contributed by atoms with Crippen molar-refractivity contribution in [1.82, 2.24) is 0 Å². The minimum absolute atomic E-state index is 0. The third kappa shape index (κ3) is 4.93. The average Bonchev–Trinajstić information content (AvgIpc) is 1.69. The quantitative estimate of drug-likeness (QED) is 0.608. The molecule has 0 spiro atoms. The Kier molecular flexibility index (Phi) is 8.89. The molecule has 48 valence electrons. The summed E-state index contributed by atoms with van der Waals surface area (Å²) in [7, 11) is 0. The summed E-state index contributed by atoms with van der Waals surface area (Å²) in [5.41, 5.74) is 0. The van der Waals surface area contributed by atoms with Gasteiger partial charge in [-0.2, -0.15) is 0 Å². The zero-order valence-electron chi connectivity index (χ0n) is 7.04. The van der Waals surface area contributed by atoms with E-state index in [-0.39, 0.29) is 53.8 Å². The third-order valence-electron chi connectivity index (χ3n) is 0.756. The molecule has 0 saturated carbocycles. The van der Waals surface area contributed by atoms with Crippen LogP contribution in [0.5, 0.6) is 5.75 Å². The van der Waals surface area contributed by atoms with Crippen molar-refractivity contribution in [3.05, 3.63) is 30.3 Å². The van der Waals surface area contributed by atoms with Crippen molar-refractivity contribution in [3.8, 4) is 5.75 Å². The molecule has 0 bridgehead atoms. The Balaban J connectivity index is -0.0000000612. The van der Waals surface area contributed by atoms with Crippen LogP contribution in [0.1, 0.15) is 2.85 Å². The van der Waals surface area contributed by atoms with Crippen LogP contribution in [0.3, 0.4) is 0 Å². The molecular weight excluding hydrogens is 192 g/mol. The van der Waals surface area contributed by atoms with Crippen molar-refractivity contribution >= 4 is 45.5 Å². The molecule has 0 aliphatic carbocycles. The standard InChI is InChI=1S/C6H6O.H2O.Sr.2H/c7-6-4-2-1-3-5-6;;;;/h1-5,7H;1H2;;;/q;;+2;2*-1. The van der Waals surface area contributed by atoms with Crippen LogP contribution in [0.25, 0.3) is 0 Å². The summed E-state index contributed by atoms with van der Waals surface area (Å²) in [6.07, 6.45) is 0. The Morgan fingerprint density at radius 2 is 1.56 bits per heavy atom. The van der Waals surface area contributed by atoms with E-state index in [0.29, 0.717) is 5.75 Å². The molecule has 0 radical (unpaired) electrons. The maximum Gasteiger partial charge on any atom is 2.00 e. The van der Waals surface area contributed by atoms with E-state index in [0.717, 1.165) is 0 Å². The van der Waals surface area contributed by atoms with E-state index in [9.17, 15) is 0 Å². The minimum Gasteiger partial charge on any atom is -1.00 e. The van der Waals surface area contributed by atoms with Crippen molar-refractivity contribution in [2.24, 2.45) is 0 Å². The molecule has 0 fully saturated rings. The Hall–Kier alpha value is 0.461. The van der Waals surface area contributed by atoms with Gasteiger partial charge in [-0.25, -0.2) is 0 Å². The molecule has 1 aromatic rings. The number of rotatable bonds is 0. The van der Waals surface area contributed by atoms with Gasteiger partial charge < -0.3 is 13.4 Å². The summed E-state index contributed by atoms with van der Waals surface area (Å²) in [6.45, 7) is 0. The van der Waals surface area contributed by atoms with Crippen LogP contribution < -0.4 is 0 Å². The molecule has 0 aliphatic rings. The second-order valence-corrected chi connectivity index (χ2v) is 1.34. The first kappa shape index (κ1) is 12.2. The van der Waals surface area contributed by atoms with Gasteiger partial charge in [0.05, 0.1) is 0 Å². The van der Waals surface area contributed by atoms with Crippen molar-refractivity contribution < 1.29 is 13.4 Å². The molecule has 0 atom stereocenters. The van der Waals surface area contributed by atoms with Gasteiger partial charge in [-0.3, -0.25) is 0 Å². The number of phenolic OH excluding ortho intramolecular Hbond substituents is 1. The molecule has 3 N–H and O–H groups in total. The van der Waals surface area contributed by atoms with E-state index >= 15 is 0 Å². The van der Waals surface area contributed by atoms with Crippen LogP contribution in [0.4, 0.5) is 0 Å². The monoisotopic (exact) mass is 202 g/mol. The zero-order valence-corrected chi connectivity index (χ0v) is 8.52. The number of phenols is 1. The fourth-order valence-electron chi connectivity index (χ4n) is 0.428. The minimum atomic E-state index is 0. The average molecular weight is 202 g/mol. The Labute approximate surface area is 94.1 Å². The summed E-state index contributed by atoms with van der Waals surface area (Å²) in [6, 6.07) is 8.71. The van der Waals surface area contributed by atoms with E-state index in [4.69, 9.17) is 5.11 Å². The van der Waals surface area contributed by atoms with E-state index < -0.39 is 0 Å². The molecular formula is C6H10O2Sr. The predicted molar refractivity (Wildman–Crippen MR) is 39.7 cm³/mol. The van der Waals surface area contributed by atoms with Crippen LogP contribution in [-0.4, -0.2) is 56.1 Å². The van der Waals surface area contributed by atoms with Crippen LogP contribution in [0.15, 0.2) is 30.3 Å². The molecule has 0 aliphatic heterocycles. The van der Waals surface area contributed by atoms with Crippen LogP contribution in [0, 0.1) is 0 Å². The van der Waals surface area contributed by atoms with Gasteiger partial charge >= 0.3 is 45.5 Å². The van der Waals surface area contributed by atoms with E-state index in [2.05, 4.69) is 0 Å². The molecule has 1 aromatic carbocycles. The Bertz CT molecular complexity index is 149. The number of para-hydroxylation sites is 1. The van der Waals surface area contributed by atoms with Crippen molar-refractivity contribution in [3.63, 3.8) is 0 Å².